The molecular formula is C14H10ClFN2O. The van der Waals surface area contributed by atoms with Crippen LogP contribution in [0.4, 0.5) is 4.39 Å². The van der Waals surface area contributed by atoms with Gasteiger partial charge in [0, 0.05) is 12.3 Å². The molecule has 0 radical (unpaired) electrons. The van der Waals surface area contributed by atoms with Crippen LogP contribution in [-0.2, 0) is 6.61 Å². The molecule has 0 unspecified atom stereocenters. The molecular weight excluding hydrogens is 267 g/mol. The normalized spacial score (nSPS) is 10.8. The highest BCUT2D eigenvalue weighted by molar-refractivity contribution is 6.33. The maximum atomic E-state index is 13.0. The third kappa shape index (κ3) is 2.39. The molecule has 3 rings (SSSR count). The minimum Gasteiger partial charge on any atom is -0.487 e. The van der Waals surface area contributed by atoms with Crippen LogP contribution >= 0.6 is 11.6 Å². The lowest BCUT2D eigenvalue weighted by Crippen LogP contribution is -1.99. The average molecular weight is 277 g/mol. The number of hydrogen-bond donors (Lipinski definition) is 0. The maximum absolute atomic E-state index is 13.0. The van der Waals surface area contributed by atoms with E-state index in [1.165, 1.54) is 12.1 Å². The van der Waals surface area contributed by atoms with Gasteiger partial charge in [-0.25, -0.2) is 9.37 Å². The number of halogens is 2. The van der Waals surface area contributed by atoms with Gasteiger partial charge < -0.3 is 4.74 Å². The van der Waals surface area contributed by atoms with Crippen LogP contribution in [0.2, 0.25) is 5.02 Å². The number of fused-ring (bicyclic) bond motifs is 1. The Kier molecular flexibility index (Phi) is 3.09. The maximum Gasteiger partial charge on any atom is 0.155 e. The van der Waals surface area contributed by atoms with E-state index >= 15 is 0 Å². The number of rotatable bonds is 3. The summed E-state index contributed by atoms with van der Waals surface area (Å²) in [5.74, 6) is 0.163. The van der Waals surface area contributed by atoms with Crippen LogP contribution in [0.1, 0.15) is 5.69 Å². The van der Waals surface area contributed by atoms with Crippen molar-refractivity contribution in [3.8, 4) is 5.75 Å². The van der Waals surface area contributed by atoms with Crippen LogP contribution in [0.5, 0.6) is 5.75 Å². The summed E-state index contributed by atoms with van der Waals surface area (Å²) in [5.41, 5.74) is 1.53. The van der Waals surface area contributed by atoms with Gasteiger partial charge in [0.2, 0.25) is 0 Å². The van der Waals surface area contributed by atoms with Crippen LogP contribution in [0.3, 0.4) is 0 Å². The van der Waals surface area contributed by atoms with Crippen molar-refractivity contribution in [2.45, 2.75) is 6.61 Å². The van der Waals surface area contributed by atoms with Crippen LogP contribution in [0, 0.1) is 5.82 Å². The van der Waals surface area contributed by atoms with Crippen LogP contribution in [0.15, 0.2) is 48.8 Å². The van der Waals surface area contributed by atoms with Crippen molar-refractivity contribution in [1.82, 2.24) is 9.38 Å². The highest BCUT2D eigenvalue weighted by Gasteiger charge is 2.06. The number of imidazole rings is 1. The molecule has 0 aliphatic carbocycles. The first-order chi connectivity index (χ1) is 9.24. The Bertz CT molecular complexity index is 726. The van der Waals surface area contributed by atoms with Crippen molar-refractivity contribution in [2.75, 3.05) is 0 Å². The fraction of sp³-hybridized carbons (Fsp3) is 0.0714. The van der Waals surface area contributed by atoms with Gasteiger partial charge in [0.25, 0.3) is 0 Å². The molecule has 3 nitrogen and oxygen atoms in total. The second-order valence-electron chi connectivity index (χ2n) is 4.05. The third-order valence-electron chi connectivity index (χ3n) is 2.75. The number of aromatic nitrogens is 2. The molecule has 0 atom stereocenters. The first-order valence-electron chi connectivity index (χ1n) is 5.73. The van der Waals surface area contributed by atoms with Gasteiger partial charge in [-0.1, -0.05) is 17.7 Å². The molecule has 0 saturated heterocycles. The summed E-state index contributed by atoms with van der Waals surface area (Å²) in [6.07, 6.45) is 3.55. The van der Waals surface area contributed by atoms with E-state index in [1.807, 2.05) is 16.7 Å². The number of benzene rings is 1. The predicted octanol–water partition coefficient (Wildman–Crippen LogP) is 3.71. The summed E-state index contributed by atoms with van der Waals surface area (Å²) in [7, 11) is 0. The zero-order valence-corrected chi connectivity index (χ0v) is 10.6. The van der Waals surface area contributed by atoms with E-state index in [2.05, 4.69) is 4.98 Å². The smallest absolute Gasteiger partial charge is 0.155 e. The summed E-state index contributed by atoms with van der Waals surface area (Å²) in [5, 5.41) is 0.583. The Morgan fingerprint density at radius 2 is 2.16 bits per heavy atom. The minimum absolute atomic E-state index is 0.297. The Labute approximate surface area is 114 Å². The summed E-state index contributed by atoms with van der Waals surface area (Å²) in [6, 6.07) is 9.65. The van der Waals surface area contributed by atoms with Crippen LogP contribution in [0.25, 0.3) is 5.65 Å². The number of pyridine rings is 1. The quantitative estimate of drug-likeness (QED) is 0.729. The zero-order chi connectivity index (χ0) is 13.2. The van der Waals surface area contributed by atoms with E-state index in [0.717, 1.165) is 5.69 Å². The molecule has 96 valence electrons. The van der Waals surface area contributed by atoms with E-state index in [0.29, 0.717) is 23.0 Å². The van der Waals surface area contributed by atoms with Crippen molar-refractivity contribution in [3.05, 3.63) is 65.3 Å². The van der Waals surface area contributed by atoms with E-state index in [1.54, 1.807) is 24.4 Å². The van der Waals surface area contributed by atoms with Crippen molar-refractivity contribution >= 4 is 17.2 Å². The molecule has 0 amide bonds. The number of nitrogens with zero attached hydrogens (tertiary/aromatic N) is 2. The van der Waals surface area contributed by atoms with E-state index in [4.69, 9.17) is 16.3 Å². The monoisotopic (exact) mass is 276 g/mol. The van der Waals surface area contributed by atoms with Crippen LogP contribution < -0.4 is 4.74 Å². The molecule has 2 heterocycles. The van der Waals surface area contributed by atoms with E-state index in [-0.39, 0.29) is 5.82 Å². The molecule has 0 N–H and O–H groups in total. The summed E-state index contributed by atoms with van der Waals surface area (Å²) in [4.78, 5) is 4.22. The third-order valence-corrected chi connectivity index (χ3v) is 3.04. The molecule has 3 aromatic rings. The van der Waals surface area contributed by atoms with Crippen molar-refractivity contribution < 1.29 is 9.13 Å². The molecule has 0 aliphatic rings. The van der Waals surface area contributed by atoms with Crippen LogP contribution in [-0.4, -0.2) is 9.38 Å². The first-order valence-corrected chi connectivity index (χ1v) is 6.10. The fourth-order valence-electron chi connectivity index (χ4n) is 1.85. The molecule has 0 bridgehead atoms. The molecule has 2 aromatic heterocycles. The number of hydrogen-bond acceptors (Lipinski definition) is 2. The van der Waals surface area contributed by atoms with Crippen molar-refractivity contribution in [3.63, 3.8) is 0 Å². The van der Waals surface area contributed by atoms with Gasteiger partial charge in [0.05, 0.1) is 16.9 Å². The first kappa shape index (κ1) is 12.0. The number of ether oxygens (including phenoxy) is 1. The van der Waals surface area contributed by atoms with Gasteiger partial charge >= 0.3 is 0 Å². The molecule has 0 saturated carbocycles. The van der Waals surface area contributed by atoms with Gasteiger partial charge in [-0.3, -0.25) is 4.40 Å². The molecule has 0 fully saturated rings. The molecule has 0 spiro atoms. The van der Waals surface area contributed by atoms with E-state index in [9.17, 15) is 4.39 Å². The predicted molar refractivity (Wildman–Crippen MR) is 70.9 cm³/mol. The average Bonchev–Trinajstić information content (AvgIpc) is 2.81. The topological polar surface area (TPSA) is 26.5 Å². The van der Waals surface area contributed by atoms with E-state index < -0.39 is 0 Å². The van der Waals surface area contributed by atoms with Gasteiger partial charge in [-0.2, -0.15) is 0 Å². The van der Waals surface area contributed by atoms with Gasteiger partial charge in [0.15, 0.2) is 5.65 Å². The molecule has 5 heteroatoms. The lowest BCUT2D eigenvalue weighted by molar-refractivity contribution is 0.298. The SMILES string of the molecule is Fc1cccc(OCc2cnc3c(Cl)cccn23)c1. The second-order valence-corrected chi connectivity index (χ2v) is 4.45. The molecule has 19 heavy (non-hydrogen) atoms. The Morgan fingerprint density at radius 1 is 1.26 bits per heavy atom. The summed E-state index contributed by atoms with van der Waals surface area (Å²) in [6.45, 7) is 0.297. The fourth-order valence-corrected chi connectivity index (χ4v) is 2.06. The standard InChI is InChI=1S/C14H10ClFN2O/c15-13-5-2-6-18-11(8-17-14(13)18)9-19-12-4-1-3-10(16)7-12/h1-8H,9H2. The Morgan fingerprint density at radius 3 is 3.00 bits per heavy atom. The molecule has 0 aliphatic heterocycles. The summed E-state index contributed by atoms with van der Waals surface area (Å²) < 4.78 is 20.4. The Balaban J connectivity index is 1.84. The lowest BCUT2D eigenvalue weighted by atomic mass is 10.3. The van der Waals surface area contributed by atoms with Gasteiger partial charge in [-0.15, -0.1) is 0 Å². The lowest BCUT2D eigenvalue weighted by Gasteiger charge is -2.06. The molecule has 1 aromatic carbocycles. The van der Waals surface area contributed by atoms with Gasteiger partial charge in [0.1, 0.15) is 18.2 Å². The minimum atomic E-state index is -0.321. The zero-order valence-electron chi connectivity index (χ0n) is 9.88. The Hall–Kier alpha value is -2.07. The largest absolute Gasteiger partial charge is 0.487 e. The van der Waals surface area contributed by atoms with Gasteiger partial charge in [-0.05, 0) is 24.3 Å². The van der Waals surface area contributed by atoms with Crippen molar-refractivity contribution in [1.29, 1.82) is 0 Å². The highest BCUT2D eigenvalue weighted by atomic mass is 35.5. The summed E-state index contributed by atoms with van der Waals surface area (Å²) >= 11 is 6.03. The highest BCUT2D eigenvalue weighted by Crippen LogP contribution is 2.18. The van der Waals surface area contributed by atoms with Crippen molar-refractivity contribution in [2.24, 2.45) is 0 Å². The second kappa shape index (κ2) is 4.90.